The van der Waals surface area contributed by atoms with Crippen molar-refractivity contribution in [3.8, 4) is 0 Å². The normalized spacial score (nSPS) is 33.2. The van der Waals surface area contributed by atoms with E-state index >= 15 is 0 Å². The number of carbonyl (C=O) groups is 1. The topological polar surface area (TPSA) is 38.3 Å². The Hall–Kier alpha value is -0.620. The highest BCUT2D eigenvalue weighted by molar-refractivity contribution is 14.1. The zero-order chi connectivity index (χ0) is 13.4. The van der Waals surface area contributed by atoms with Gasteiger partial charge in [0.2, 0.25) is 0 Å². The van der Waals surface area contributed by atoms with Crippen LogP contribution in [0.25, 0.3) is 0 Å². The molecule has 2 aliphatic heterocycles. The molecule has 2 aliphatic rings. The van der Waals surface area contributed by atoms with Crippen LogP contribution in [0.15, 0.2) is 24.3 Å². The Morgan fingerprint density at radius 1 is 1.32 bits per heavy atom. The number of piperidine rings is 1. The first-order valence-electron chi connectivity index (χ1n) is 6.78. The molecule has 1 aromatic carbocycles. The van der Waals surface area contributed by atoms with E-state index in [4.69, 9.17) is 4.74 Å². The number of ether oxygens (including phenoxy) is 1. The summed E-state index contributed by atoms with van der Waals surface area (Å²) in [4.78, 5) is 12.1. The average Bonchev–Trinajstić information content (AvgIpc) is 2.80. The fourth-order valence-electron chi connectivity index (χ4n) is 3.57. The van der Waals surface area contributed by atoms with Crippen LogP contribution in [0.3, 0.4) is 0 Å². The standard InChI is InChI=1S/C15H18INO2/c1-19-15(18)14-12(8-11-6-7-13(14)17-11)9-2-4-10(16)5-3-9/h2-5,11-14,17H,6-8H2,1H3/t11?,12-,13?,14?/m1/s1. The predicted octanol–water partition coefficient (Wildman–Crippen LogP) is 2.69. The Morgan fingerprint density at radius 2 is 2.05 bits per heavy atom. The fraction of sp³-hybridized carbons (Fsp3) is 0.533. The molecule has 0 aliphatic carbocycles. The highest BCUT2D eigenvalue weighted by Gasteiger charge is 2.46. The van der Waals surface area contributed by atoms with Crippen molar-refractivity contribution in [3.05, 3.63) is 33.4 Å². The van der Waals surface area contributed by atoms with Gasteiger partial charge in [0, 0.05) is 21.6 Å². The molecule has 0 spiro atoms. The van der Waals surface area contributed by atoms with Crippen LogP contribution in [0.5, 0.6) is 0 Å². The number of benzene rings is 1. The molecule has 19 heavy (non-hydrogen) atoms. The second kappa shape index (κ2) is 5.40. The van der Waals surface area contributed by atoms with Crippen LogP contribution in [0.4, 0.5) is 0 Å². The second-order valence-electron chi connectivity index (χ2n) is 5.49. The molecule has 0 radical (unpaired) electrons. The lowest BCUT2D eigenvalue weighted by Crippen LogP contribution is -2.48. The van der Waals surface area contributed by atoms with Crippen LogP contribution >= 0.6 is 22.6 Å². The molecule has 2 bridgehead atoms. The summed E-state index contributed by atoms with van der Waals surface area (Å²) in [5.74, 6) is 0.188. The number of nitrogens with one attached hydrogen (secondary N) is 1. The Balaban J connectivity index is 1.92. The predicted molar refractivity (Wildman–Crippen MR) is 82.0 cm³/mol. The Morgan fingerprint density at radius 3 is 2.74 bits per heavy atom. The minimum absolute atomic E-state index is 0.0381. The van der Waals surface area contributed by atoms with Gasteiger partial charge in [0.1, 0.15) is 0 Å². The van der Waals surface area contributed by atoms with Gasteiger partial charge in [-0.15, -0.1) is 0 Å². The number of rotatable bonds is 2. The van der Waals surface area contributed by atoms with Gasteiger partial charge in [-0.1, -0.05) is 12.1 Å². The first kappa shape index (κ1) is 13.4. The molecule has 3 nitrogen and oxygen atoms in total. The second-order valence-corrected chi connectivity index (χ2v) is 6.74. The maximum Gasteiger partial charge on any atom is 0.310 e. The summed E-state index contributed by atoms with van der Waals surface area (Å²) >= 11 is 2.31. The zero-order valence-corrected chi connectivity index (χ0v) is 13.1. The van der Waals surface area contributed by atoms with Gasteiger partial charge in [-0.25, -0.2) is 0 Å². The van der Waals surface area contributed by atoms with E-state index in [1.807, 2.05) is 0 Å². The van der Waals surface area contributed by atoms with Crippen LogP contribution in [0.1, 0.15) is 30.7 Å². The molecule has 2 saturated heterocycles. The van der Waals surface area contributed by atoms with Crippen molar-refractivity contribution in [2.45, 2.75) is 37.3 Å². The third-order valence-electron chi connectivity index (χ3n) is 4.45. The van der Waals surface area contributed by atoms with E-state index in [0.29, 0.717) is 12.0 Å². The van der Waals surface area contributed by atoms with Gasteiger partial charge in [-0.2, -0.15) is 0 Å². The molecule has 102 valence electrons. The molecule has 0 aromatic heterocycles. The van der Waals surface area contributed by atoms with Crippen LogP contribution in [0, 0.1) is 9.49 Å². The molecule has 0 saturated carbocycles. The summed E-state index contributed by atoms with van der Waals surface area (Å²) in [6.45, 7) is 0. The first-order chi connectivity index (χ1) is 9.19. The van der Waals surface area contributed by atoms with E-state index in [2.05, 4.69) is 52.2 Å². The van der Waals surface area contributed by atoms with Crippen LogP contribution in [0.2, 0.25) is 0 Å². The molecular formula is C15H18INO2. The number of fused-ring (bicyclic) bond motifs is 2. The van der Waals surface area contributed by atoms with E-state index in [-0.39, 0.29) is 17.9 Å². The molecule has 1 aromatic rings. The maximum atomic E-state index is 12.1. The van der Waals surface area contributed by atoms with E-state index < -0.39 is 0 Å². The molecule has 3 unspecified atom stereocenters. The quantitative estimate of drug-likeness (QED) is 0.642. The van der Waals surface area contributed by atoms with Crippen molar-refractivity contribution in [1.29, 1.82) is 0 Å². The summed E-state index contributed by atoms with van der Waals surface area (Å²) in [5.41, 5.74) is 1.27. The number of esters is 1. The minimum Gasteiger partial charge on any atom is -0.469 e. The molecular weight excluding hydrogens is 353 g/mol. The number of hydrogen-bond acceptors (Lipinski definition) is 3. The monoisotopic (exact) mass is 371 g/mol. The summed E-state index contributed by atoms with van der Waals surface area (Å²) in [7, 11) is 1.49. The van der Waals surface area contributed by atoms with Crippen molar-refractivity contribution in [1.82, 2.24) is 5.32 Å². The summed E-state index contributed by atoms with van der Waals surface area (Å²) in [5, 5.41) is 3.56. The molecule has 4 atom stereocenters. The van der Waals surface area contributed by atoms with Gasteiger partial charge < -0.3 is 10.1 Å². The van der Waals surface area contributed by atoms with Crippen molar-refractivity contribution < 1.29 is 9.53 Å². The SMILES string of the molecule is COC(=O)C1C2CCC(C[C@@H]1c1ccc(I)cc1)N2. The number of methoxy groups -OCH3 is 1. The van der Waals surface area contributed by atoms with Gasteiger partial charge in [0.05, 0.1) is 13.0 Å². The van der Waals surface area contributed by atoms with Gasteiger partial charge in [-0.3, -0.25) is 4.79 Å². The Kier molecular flexibility index (Phi) is 3.80. The average molecular weight is 371 g/mol. The highest BCUT2D eigenvalue weighted by Crippen LogP contribution is 2.42. The van der Waals surface area contributed by atoms with E-state index in [1.165, 1.54) is 22.7 Å². The number of halogens is 1. The summed E-state index contributed by atoms with van der Waals surface area (Å²) in [6.07, 6.45) is 3.31. The molecule has 2 fully saturated rings. The molecule has 2 heterocycles. The number of hydrogen-bond donors (Lipinski definition) is 1. The van der Waals surface area contributed by atoms with E-state index in [0.717, 1.165) is 12.8 Å². The fourth-order valence-corrected chi connectivity index (χ4v) is 3.93. The largest absolute Gasteiger partial charge is 0.469 e. The third kappa shape index (κ3) is 2.52. The molecule has 1 N–H and O–H groups in total. The van der Waals surface area contributed by atoms with Crippen LogP contribution < -0.4 is 5.32 Å². The van der Waals surface area contributed by atoms with E-state index in [1.54, 1.807) is 0 Å². The van der Waals surface area contributed by atoms with Crippen molar-refractivity contribution in [2.24, 2.45) is 5.92 Å². The third-order valence-corrected chi connectivity index (χ3v) is 5.17. The lowest BCUT2D eigenvalue weighted by molar-refractivity contribution is -0.148. The summed E-state index contributed by atoms with van der Waals surface area (Å²) in [6, 6.07) is 9.41. The first-order valence-corrected chi connectivity index (χ1v) is 7.86. The lowest BCUT2D eigenvalue weighted by Gasteiger charge is -2.36. The lowest BCUT2D eigenvalue weighted by atomic mass is 9.77. The van der Waals surface area contributed by atoms with Crippen molar-refractivity contribution in [3.63, 3.8) is 0 Å². The van der Waals surface area contributed by atoms with Gasteiger partial charge >= 0.3 is 5.97 Å². The molecule has 0 amide bonds. The van der Waals surface area contributed by atoms with Gasteiger partial charge in [-0.05, 0) is 59.5 Å². The van der Waals surface area contributed by atoms with E-state index in [9.17, 15) is 4.79 Å². The Bertz CT molecular complexity index is 474. The highest BCUT2D eigenvalue weighted by atomic mass is 127. The van der Waals surface area contributed by atoms with Crippen LogP contribution in [-0.2, 0) is 9.53 Å². The molecule has 3 rings (SSSR count). The maximum absolute atomic E-state index is 12.1. The minimum atomic E-state index is -0.0681. The van der Waals surface area contributed by atoms with Gasteiger partial charge in [0.25, 0.3) is 0 Å². The van der Waals surface area contributed by atoms with Crippen molar-refractivity contribution in [2.75, 3.05) is 7.11 Å². The zero-order valence-electron chi connectivity index (χ0n) is 10.9. The summed E-state index contributed by atoms with van der Waals surface area (Å²) < 4.78 is 6.26. The van der Waals surface area contributed by atoms with Gasteiger partial charge in [0.15, 0.2) is 0 Å². The smallest absolute Gasteiger partial charge is 0.310 e. The number of carbonyl (C=O) groups excluding carboxylic acids is 1. The Labute approximate surface area is 127 Å². The van der Waals surface area contributed by atoms with Crippen molar-refractivity contribution >= 4 is 28.6 Å². The van der Waals surface area contributed by atoms with Crippen LogP contribution in [-0.4, -0.2) is 25.2 Å². The molecule has 4 heteroatoms.